The first-order valence-electron chi connectivity index (χ1n) is 12.4. The van der Waals surface area contributed by atoms with E-state index >= 15 is 0 Å². The number of hydrogen-bond donors (Lipinski definition) is 0. The predicted molar refractivity (Wildman–Crippen MR) is 123 cm³/mol. The molecule has 0 N–H and O–H groups in total. The highest BCUT2D eigenvalue weighted by molar-refractivity contribution is 5.04. The Balaban J connectivity index is 1.43. The third-order valence-corrected chi connectivity index (χ3v) is 9.43. The molecule has 4 saturated heterocycles. The zero-order valence-corrected chi connectivity index (χ0v) is 20.5. The van der Waals surface area contributed by atoms with Gasteiger partial charge >= 0.3 is 0 Å². The van der Waals surface area contributed by atoms with Crippen molar-refractivity contribution in [3.05, 3.63) is 0 Å². The number of fused-ring (bicyclic) bond motifs is 1. The van der Waals surface area contributed by atoms with E-state index in [4.69, 9.17) is 0 Å². The van der Waals surface area contributed by atoms with Crippen LogP contribution in [-0.4, -0.2) is 96.6 Å². The molecule has 4 nitrogen and oxygen atoms in total. The fraction of sp³-hybridized carbons (Fsp3) is 1.00. The highest BCUT2D eigenvalue weighted by Gasteiger charge is 2.50. The summed E-state index contributed by atoms with van der Waals surface area (Å²) < 4.78 is 0. The predicted octanol–water partition coefficient (Wildman–Crippen LogP) is 3.62. The molecule has 4 fully saturated rings. The Labute approximate surface area is 181 Å². The molecular weight excluding hydrogens is 356 g/mol. The highest BCUT2D eigenvalue weighted by Crippen LogP contribution is 2.49. The zero-order valence-electron chi connectivity index (χ0n) is 20.5. The monoisotopic (exact) mass is 404 g/mol. The van der Waals surface area contributed by atoms with E-state index in [1.807, 2.05) is 0 Å². The summed E-state index contributed by atoms with van der Waals surface area (Å²) in [5.74, 6) is 1.81. The van der Waals surface area contributed by atoms with Crippen LogP contribution in [0.25, 0.3) is 0 Å². The van der Waals surface area contributed by atoms with Crippen LogP contribution in [0.2, 0.25) is 0 Å². The van der Waals surface area contributed by atoms with Crippen molar-refractivity contribution >= 4 is 0 Å². The fourth-order valence-corrected chi connectivity index (χ4v) is 7.40. The van der Waals surface area contributed by atoms with Crippen molar-refractivity contribution in [3.8, 4) is 0 Å². The highest BCUT2D eigenvalue weighted by atomic mass is 15.3. The van der Waals surface area contributed by atoms with Gasteiger partial charge in [0.05, 0.1) is 0 Å². The Hall–Kier alpha value is -0.160. The fourth-order valence-electron chi connectivity index (χ4n) is 7.40. The number of likely N-dealkylation sites (tertiary alicyclic amines) is 4. The van der Waals surface area contributed by atoms with Gasteiger partial charge in [-0.25, -0.2) is 0 Å². The molecule has 0 amide bonds. The minimum Gasteiger partial charge on any atom is -0.306 e. The van der Waals surface area contributed by atoms with Crippen molar-refractivity contribution in [3.63, 3.8) is 0 Å². The molecule has 4 heteroatoms. The second-order valence-electron chi connectivity index (χ2n) is 12.8. The summed E-state index contributed by atoms with van der Waals surface area (Å²) in [6.07, 6.45) is 6.99. The summed E-state index contributed by atoms with van der Waals surface area (Å²) >= 11 is 0. The minimum atomic E-state index is 0.318. The molecule has 3 atom stereocenters. The van der Waals surface area contributed by atoms with E-state index in [2.05, 4.69) is 68.3 Å². The van der Waals surface area contributed by atoms with Crippen LogP contribution in [0.5, 0.6) is 0 Å². The van der Waals surface area contributed by atoms with Gasteiger partial charge in [0.25, 0.3) is 0 Å². The van der Waals surface area contributed by atoms with Crippen LogP contribution >= 0.6 is 0 Å². The van der Waals surface area contributed by atoms with E-state index in [-0.39, 0.29) is 0 Å². The summed E-state index contributed by atoms with van der Waals surface area (Å²) in [6.45, 7) is 21.4. The molecular formula is C25H48N4. The molecule has 4 aliphatic heterocycles. The molecule has 168 valence electrons. The molecule has 4 rings (SSSR count). The molecule has 0 bridgehead atoms. The molecule has 4 aliphatic rings. The van der Waals surface area contributed by atoms with E-state index in [1.165, 1.54) is 77.9 Å². The number of hydrogen-bond acceptors (Lipinski definition) is 4. The first-order chi connectivity index (χ1) is 13.5. The van der Waals surface area contributed by atoms with Gasteiger partial charge in [0.1, 0.15) is 0 Å². The van der Waals surface area contributed by atoms with Crippen LogP contribution in [-0.2, 0) is 0 Å². The van der Waals surface area contributed by atoms with Gasteiger partial charge in [-0.1, -0.05) is 0 Å². The van der Waals surface area contributed by atoms with Gasteiger partial charge in [0.2, 0.25) is 0 Å². The van der Waals surface area contributed by atoms with E-state index in [0.29, 0.717) is 16.5 Å². The first-order valence-corrected chi connectivity index (χ1v) is 12.4. The Morgan fingerprint density at radius 1 is 0.828 bits per heavy atom. The molecule has 0 aromatic carbocycles. The van der Waals surface area contributed by atoms with Gasteiger partial charge in [-0.05, 0) is 124 Å². The molecule has 1 spiro atoms. The average Bonchev–Trinajstić information content (AvgIpc) is 3.14. The van der Waals surface area contributed by atoms with Crippen LogP contribution in [0.1, 0.15) is 66.7 Å². The Kier molecular flexibility index (Phi) is 5.90. The van der Waals surface area contributed by atoms with Gasteiger partial charge in [0, 0.05) is 36.8 Å². The zero-order chi connectivity index (χ0) is 21.0. The summed E-state index contributed by atoms with van der Waals surface area (Å²) in [5, 5.41) is 0. The van der Waals surface area contributed by atoms with Gasteiger partial charge in [-0.3, -0.25) is 9.80 Å². The summed E-state index contributed by atoms with van der Waals surface area (Å²) in [5.41, 5.74) is 1.19. The first kappa shape index (κ1) is 22.0. The lowest BCUT2D eigenvalue weighted by Gasteiger charge is -2.51. The van der Waals surface area contributed by atoms with Crippen LogP contribution < -0.4 is 0 Å². The quantitative estimate of drug-likeness (QED) is 0.712. The SMILES string of the molecule is CN1CC(CC(C)(C)N2CCC3CCN(C)C3C2)C2(CCN(C(C)(C)C)CC2)C1. The summed E-state index contributed by atoms with van der Waals surface area (Å²) in [7, 11) is 4.72. The van der Waals surface area contributed by atoms with Gasteiger partial charge in [0.15, 0.2) is 0 Å². The lowest BCUT2D eigenvalue weighted by molar-refractivity contribution is -0.00794. The van der Waals surface area contributed by atoms with Crippen molar-refractivity contribution in [1.29, 1.82) is 0 Å². The summed E-state index contributed by atoms with van der Waals surface area (Å²) in [4.78, 5) is 10.9. The van der Waals surface area contributed by atoms with Crippen molar-refractivity contribution in [1.82, 2.24) is 19.6 Å². The normalized spacial score (nSPS) is 35.5. The number of nitrogens with zero attached hydrogens (tertiary/aromatic N) is 4. The Morgan fingerprint density at radius 3 is 2.14 bits per heavy atom. The third-order valence-electron chi connectivity index (χ3n) is 9.43. The maximum absolute atomic E-state index is 2.87. The van der Waals surface area contributed by atoms with Gasteiger partial charge < -0.3 is 9.80 Å². The molecule has 3 unspecified atom stereocenters. The lowest BCUT2D eigenvalue weighted by atomic mass is 9.66. The van der Waals surface area contributed by atoms with Gasteiger partial charge in [-0.15, -0.1) is 0 Å². The van der Waals surface area contributed by atoms with Crippen LogP contribution in [0.15, 0.2) is 0 Å². The molecule has 0 saturated carbocycles. The van der Waals surface area contributed by atoms with Crippen molar-refractivity contribution in [2.75, 3.05) is 59.9 Å². The molecule has 0 radical (unpaired) electrons. The third kappa shape index (κ3) is 4.29. The summed E-state index contributed by atoms with van der Waals surface area (Å²) in [6, 6.07) is 0.804. The van der Waals surface area contributed by atoms with E-state index in [9.17, 15) is 0 Å². The van der Waals surface area contributed by atoms with Crippen LogP contribution in [0.4, 0.5) is 0 Å². The molecule has 0 aromatic heterocycles. The molecule has 0 aromatic rings. The number of likely N-dealkylation sites (N-methyl/N-ethyl adjacent to an activating group) is 1. The second kappa shape index (κ2) is 7.76. The van der Waals surface area contributed by atoms with Crippen molar-refractivity contribution in [2.24, 2.45) is 17.3 Å². The van der Waals surface area contributed by atoms with Crippen molar-refractivity contribution < 1.29 is 0 Å². The number of piperidine rings is 2. The lowest BCUT2D eigenvalue weighted by Crippen LogP contribution is -2.56. The van der Waals surface area contributed by atoms with Gasteiger partial charge in [-0.2, -0.15) is 0 Å². The minimum absolute atomic E-state index is 0.318. The van der Waals surface area contributed by atoms with E-state index in [1.54, 1.807) is 0 Å². The van der Waals surface area contributed by atoms with E-state index < -0.39 is 0 Å². The maximum atomic E-state index is 2.87. The average molecular weight is 405 g/mol. The maximum Gasteiger partial charge on any atom is 0.0249 e. The smallest absolute Gasteiger partial charge is 0.0249 e. The van der Waals surface area contributed by atoms with Crippen LogP contribution in [0, 0.1) is 17.3 Å². The molecule has 4 heterocycles. The number of rotatable bonds is 3. The molecule has 29 heavy (non-hydrogen) atoms. The largest absolute Gasteiger partial charge is 0.306 e. The standard InChI is InChI=1S/C25H48N4/c1-23(2,3)28-14-10-25(11-15-28)19-26(6)17-21(25)16-24(4,5)29-13-9-20-8-12-27(7)22(20)18-29/h20-22H,8-19H2,1-7H3. The Bertz CT molecular complexity index is 572. The van der Waals surface area contributed by atoms with E-state index in [0.717, 1.165) is 17.9 Å². The molecule has 0 aliphatic carbocycles. The van der Waals surface area contributed by atoms with Crippen LogP contribution in [0.3, 0.4) is 0 Å². The second-order valence-corrected chi connectivity index (χ2v) is 12.8. The van der Waals surface area contributed by atoms with Crippen molar-refractivity contribution in [2.45, 2.75) is 83.8 Å². The topological polar surface area (TPSA) is 13.0 Å². The Morgan fingerprint density at radius 2 is 1.48 bits per heavy atom.